The first-order valence-electron chi connectivity index (χ1n) is 8.63. The summed E-state index contributed by atoms with van der Waals surface area (Å²) in [5, 5.41) is 26.3. The fourth-order valence-corrected chi connectivity index (χ4v) is 3.26. The number of thioether (sulfide) groups is 1. The molecule has 0 aliphatic carbocycles. The Kier molecular flexibility index (Phi) is 5.72. The van der Waals surface area contributed by atoms with Crippen LogP contribution in [0.3, 0.4) is 0 Å². The van der Waals surface area contributed by atoms with E-state index in [-0.39, 0.29) is 28.9 Å². The maximum atomic E-state index is 12.3. The molecule has 4 aromatic rings. The summed E-state index contributed by atoms with van der Waals surface area (Å²) in [4.78, 5) is 14.6. The second kappa shape index (κ2) is 8.62. The van der Waals surface area contributed by atoms with Crippen LogP contribution in [0.2, 0.25) is 0 Å². The van der Waals surface area contributed by atoms with Gasteiger partial charge in [0.15, 0.2) is 0 Å². The van der Waals surface area contributed by atoms with Gasteiger partial charge < -0.3 is 9.26 Å². The fraction of sp³-hybridized carbons (Fsp3) is 0.118. The van der Waals surface area contributed by atoms with Crippen molar-refractivity contribution in [3.05, 3.63) is 64.5 Å². The van der Waals surface area contributed by atoms with E-state index in [9.17, 15) is 23.3 Å². The molecule has 32 heavy (non-hydrogen) atoms. The topological polar surface area (TPSA) is 135 Å². The van der Waals surface area contributed by atoms with E-state index >= 15 is 0 Å². The summed E-state index contributed by atoms with van der Waals surface area (Å²) in [5.74, 6) is 0.213. The first-order chi connectivity index (χ1) is 15.3. The molecule has 0 bridgehead atoms. The first-order valence-corrected chi connectivity index (χ1v) is 9.62. The SMILES string of the molecule is O=[N+]([O-])c1cccc(-c2noc(CSc3nnnn3-c3ccc(OC(F)(F)F)cc3)n2)c1. The Balaban J connectivity index is 1.45. The predicted molar refractivity (Wildman–Crippen MR) is 102 cm³/mol. The summed E-state index contributed by atoms with van der Waals surface area (Å²) in [6, 6.07) is 10.8. The van der Waals surface area contributed by atoms with Crippen molar-refractivity contribution in [2.24, 2.45) is 0 Å². The molecule has 0 N–H and O–H groups in total. The van der Waals surface area contributed by atoms with Gasteiger partial charge in [-0.1, -0.05) is 29.1 Å². The molecule has 0 fully saturated rings. The summed E-state index contributed by atoms with van der Waals surface area (Å²) in [6.45, 7) is 0. The van der Waals surface area contributed by atoms with Crippen molar-refractivity contribution < 1.29 is 27.4 Å². The number of hydrogen-bond acceptors (Lipinski definition) is 10. The Morgan fingerprint density at radius 3 is 2.69 bits per heavy atom. The molecule has 0 radical (unpaired) electrons. The van der Waals surface area contributed by atoms with Crippen LogP contribution in [-0.4, -0.2) is 41.6 Å². The van der Waals surface area contributed by atoms with Gasteiger partial charge in [0.1, 0.15) is 5.75 Å². The average Bonchev–Trinajstić information content (AvgIpc) is 3.41. The van der Waals surface area contributed by atoms with E-state index in [1.54, 1.807) is 6.07 Å². The Labute approximate surface area is 180 Å². The minimum absolute atomic E-state index is 0.103. The van der Waals surface area contributed by atoms with Crippen LogP contribution < -0.4 is 4.74 Å². The molecule has 0 atom stereocenters. The van der Waals surface area contributed by atoms with E-state index in [2.05, 4.69) is 30.4 Å². The van der Waals surface area contributed by atoms with E-state index < -0.39 is 11.3 Å². The Morgan fingerprint density at radius 1 is 1.19 bits per heavy atom. The number of hydrogen-bond donors (Lipinski definition) is 0. The molecule has 164 valence electrons. The van der Waals surface area contributed by atoms with Crippen LogP contribution in [0.1, 0.15) is 5.89 Å². The van der Waals surface area contributed by atoms with Gasteiger partial charge in [-0.15, -0.1) is 18.3 Å². The van der Waals surface area contributed by atoms with Gasteiger partial charge in [-0.05, 0) is 34.7 Å². The zero-order chi connectivity index (χ0) is 22.7. The van der Waals surface area contributed by atoms with E-state index in [1.165, 1.54) is 35.0 Å². The molecule has 4 rings (SSSR count). The van der Waals surface area contributed by atoms with Crippen LogP contribution in [0.4, 0.5) is 18.9 Å². The highest BCUT2D eigenvalue weighted by molar-refractivity contribution is 7.98. The zero-order valence-electron chi connectivity index (χ0n) is 15.6. The van der Waals surface area contributed by atoms with Crippen molar-refractivity contribution in [3.63, 3.8) is 0 Å². The number of alkyl halides is 3. The maximum Gasteiger partial charge on any atom is 0.573 e. The number of nitrogens with zero attached hydrogens (tertiary/aromatic N) is 7. The summed E-state index contributed by atoms with van der Waals surface area (Å²) in [5.41, 5.74) is 0.731. The van der Waals surface area contributed by atoms with Crippen molar-refractivity contribution >= 4 is 17.4 Å². The molecular formula is C17H10F3N7O4S. The third-order valence-electron chi connectivity index (χ3n) is 3.86. The minimum atomic E-state index is -4.79. The third kappa shape index (κ3) is 5.00. The second-order valence-electron chi connectivity index (χ2n) is 6.02. The van der Waals surface area contributed by atoms with Crippen LogP contribution in [0.5, 0.6) is 5.75 Å². The molecule has 2 aromatic heterocycles. The molecule has 0 saturated heterocycles. The van der Waals surface area contributed by atoms with Crippen molar-refractivity contribution in [1.82, 2.24) is 30.3 Å². The lowest BCUT2D eigenvalue weighted by Crippen LogP contribution is -2.17. The van der Waals surface area contributed by atoms with Crippen molar-refractivity contribution in [2.45, 2.75) is 17.3 Å². The van der Waals surface area contributed by atoms with Gasteiger partial charge in [-0.2, -0.15) is 9.67 Å². The average molecular weight is 465 g/mol. The molecule has 0 amide bonds. The molecule has 11 nitrogen and oxygen atoms in total. The molecule has 15 heteroatoms. The molecule has 0 spiro atoms. The lowest BCUT2D eigenvalue weighted by molar-refractivity contribution is -0.384. The van der Waals surface area contributed by atoms with Crippen LogP contribution in [0, 0.1) is 10.1 Å². The quantitative estimate of drug-likeness (QED) is 0.225. The lowest BCUT2D eigenvalue weighted by Gasteiger charge is -2.09. The normalized spacial score (nSPS) is 11.5. The summed E-state index contributed by atoms with van der Waals surface area (Å²) in [6.07, 6.45) is -4.79. The first kappa shape index (κ1) is 21.2. The van der Waals surface area contributed by atoms with Gasteiger partial charge in [0.05, 0.1) is 16.4 Å². The number of benzene rings is 2. The van der Waals surface area contributed by atoms with Crippen LogP contribution in [-0.2, 0) is 5.75 Å². The largest absolute Gasteiger partial charge is 0.573 e. The van der Waals surface area contributed by atoms with Gasteiger partial charge in [0.2, 0.25) is 16.9 Å². The number of rotatable bonds is 7. The van der Waals surface area contributed by atoms with Crippen LogP contribution in [0.15, 0.2) is 58.2 Å². The van der Waals surface area contributed by atoms with Gasteiger partial charge >= 0.3 is 6.36 Å². The Hall–Kier alpha value is -4.01. The van der Waals surface area contributed by atoms with E-state index in [1.807, 2.05) is 0 Å². The Morgan fingerprint density at radius 2 is 1.97 bits per heavy atom. The monoisotopic (exact) mass is 465 g/mol. The smallest absolute Gasteiger partial charge is 0.406 e. The number of nitro groups is 1. The standard InChI is InChI=1S/C17H10F3N7O4S/c18-17(19,20)30-13-6-4-11(5-7-13)26-16(22-24-25-26)32-9-14-21-15(23-31-14)10-2-1-3-12(8-10)27(28)29/h1-8H,9H2. The molecule has 2 heterocycles. The molecule has 0 aliphatic rings. The molecule has 2 aromatic carbocycles. The summed E-state index contributed by atoms with van der Waals surface area (Å²) >= 11 is 1.14. The molecular weight excluding hydrogens is 455 g/mol. The highest BCUT2D eigenvalue weighted by atomic mass is 32.2. The number of nitro benzene ring substituents is 1. The number of tetrazole rings is 1. The van der Waals surface area contributed by atoms with Crippen molar-refractivity contribution in [2.75, 3.05) is 0 Å². The van der Waals surface area contributed by atoms with E-state index in [0.717, 1.165) is 23.9 Å². The fourth-order valence-electron chi connectivity index (χ4n) is 2.54. The molecule has 0 unspecified atom stereocenters. The van der Waals surface area contributed by atoms with Crippen molar-refractivity contribution in [1.29, 1.82) is 0 Å². The van der Waals surface area contributed by atoms with Crippen LogP contribution >= 0.6 is 11.8 Å². The zero-order valence-corrected chi connectivity index (χ0v) is 16.4. The van der Waals surface area contributed by atoms with E-state index in [0.29, 0.717) is 16.4 Å². The van der Waals surface area contributed by atoms with Gasteiger partial charge in [0, 0.05) is 17.7 Å². The van der Waals surface area contributed by atoms with Crippen molar-refractivity contribution in [3.8, 4) is 22.8 Å². The molecule has 0 saturated carbocycles. The highest BCUT2D eigenvalue weighted by Gasteiger charge is 2.31. The van der Waals surface area contributed by atoms with Crippen LogP contribution in [0.25, 0.3) is 17.1 Å². The minimum Gasteiger partial charge on any atom is -0.406 e. The predicted octanol–water partition coefficient (Wildman–Crippen LogP) is 3.81. The van der Waals surface area contributed by atoms with Gasteiger partial charge in [-0.3, -0.25) is 10.1 Å². The summed E-state index contributed by atoms with van der Waals surface area (Å²) in [7, 11) is 0. The lowest BCUT2D eigenvalue weighted by atomic mass is 10.2. The Bertz CT molecular complexity index is 1240. The van der Waals surface area contributed by atoms with E-state index in [4.69, 9.17) is 4.52 Å². The second-order valence-corrected chi connectivity index (χ2v) is 6.97. The third-order valence-corrected chi connectivity index (χ3v) is 4.77. The number of ether oxygens (including phenoxy) is 1. The number of halogens is 3. The highest BCUT2D eigenvalue weighted by Crippen LogP contribution is 2.27. The maximum absolute atomic E-state index is 12.3. The number of non-ortho nitro benzene ring substituents is 1. The van der Waals surface area contributed by atoms with Gasteiger partial charge in [0.25, 0.3) is 5.69 Å². The van der Waals surface area contributed by atoms with Gasteiger partial charge in [-0.25, -0.2) is 0 Å². The number of aromatic nitrogens is 6. The molecule has 0 aliphatic heterocycles. The summed E-state index contributed by atoms with van der Waals surface area (Å²) < 4.78 is 47.2.